The minimum absolute atomic E-state index is 0.0345. The number of amides is 3. The molecular weight excluding hydrogens is 344 g/mol. The summed E-state index contributed by atoms with van der Waals surface area (Å²) in [4.78, 5) is 27.6. The minimum atomic E-state index is -0.218. The summed E-state index contributed by atoms with van der Waals surface area (Å²) in [5.74, 6) is 0.529. The maximum Gasteiger partial charge on any atom is 0.319 e. The van der Waals surface area contributed by atoms with Crippen LogP contribution in [0.15, 0.2) is 24.3 Å². The van der Waals surface area contributed by atoms with E-state index in [0.29, 0.717) is 24.2 Å². The zero-order chi connectivity index (χ0) is 19.8. The molecule has 1 unspecified atom stereocenters. The standard InChI is InChI=1S/C20H32N4O3/c1-15(2)13-19(24-9-11-27-12-10-24)14-21-20(26)22-17-5-7-18(8-6-17)23(4)16(3)25/h5-8,15,19H,9-14H2,1-4H3,(H2,21,22,26). The van der Waals surface area contributed by atoms with Crippen molar-refractivity contribution in [3.8, 4) is 0 Å². The largest absolute Gasteiger partial charge is 0.379 e. The molecule has 1 fully saturated rings. The molecule has 27 heavy (non-hydrogen) atoms. The van der Waals surface area contributed by atoms with Gasteiger partial charge in [0.2, 0.25) is 5.91 Å². The van der Waals surface area contributed by atoms with Gasteiger partial charge in [-0.15, -0.1) is 0 Å². The molecule has 2 rings (SSSR count). The summed E-state index contributed by atoms with van der Waals surface area (Å²) < 4.78 is 5.43. The zero-order valence-electron chi connectivity index (χ0n) is 16.8. The molecule has 0 aliphatic carbocycles. The van der Waals surface area contributed by atoms with Gasteiger partial charge in [-0.3, -0.25) is 9.69 Å². The Kier molecular flexibility index (Phi) is 8.06. The second-order valence-electron chi connectivity index (χ2n) is 7.39. The molecule has 0 bridgehead atoms. The lowest BCUT2D eigenvalue weighted by Crippen LogP contribution is -2.49. The normalized spacial score (nSPS) is 16.0. The Morgan fingerprint density at radius 1 is 1.19 bits per heavy atom. The molecule has 1 heterocycles. The number of rotatable bonds is 7. The van der Waals surface area contributed by atoms with Crippen LogP contribution in [0.2, 0.25) is 0 Å². The van der Waals surface area contributed by atoms with E-state index < -0.39 is 0 Å². The fourth-order valence-electron chi connectivity index (χ4n) is 3.18. The number of nitrogens with one attached hydrogen (secondary N) is 2. The Labute approximate surface area is 162 Å². The predicted molar refractivity (Wildman–Crippen MR) is 108 cm³/mol. The lowest BCUT2D eigenvalue weighted by Gasteiger charge is -2.35. The smallest absolute Gasteiger partial charge is 0.319 e. The third-order valence-corrected chi connectivity index (χ3v) is 4.79. The second-order valence-corrected chi connectivity index (χ2v) is 7.39. The van der Waals surface area contributed by atoms with Crippen LogP contribution in [0.3, 0.4) is 0 Å². The average Bonchev–Trinajstić information content (AvgIpc) is 2.65. The van der Waals surface area contributed by atoms with Gasteiger partial charge in [-0.05, 0) is 36.6 Å². The van der Waals surface area contributed by atoms with E-state index in [-0.39, 0.29) is 11.9 Å². The van der Waals surface area contributed by atoms with Gasteiger partial charge in [0, 0.05) is 51.0 Å². The molecule has 7 heteroatoms. The zero-order valence-corrected chi connectivity index (χ0v) is 16.8. The molecule has 3 amide bonds. The minimum Gasteiger partial charge on any atom is -0.379 e. The number of hydrogen-bond acceptors (Lipinski definition) is 4. The van der Waals surface area contributed by atoms with Crippen molar-refractivity contribution in [3.05, 3.63) is 24.3 Å². The van der Waals surface area contributed by atoms with Crippen LogP contribution in [-0.2, 0) is 9.53 Å². The fraction of sp³-hybridized carbons (Fsp3) is 0.600. The Morgan fingerprint density at radius 3 is 2.37 bits per heavy atom. The van der Waals surface area contributed by atoms with Crippen molar-refractivity contribution >= 4 is 23.3 Å². The fourth-order valence-corrected chi connectivity index (χ4v) is 3.18. The van der Waals surface area contributed by atoms with E-state index in [1.54, 1.807) is 24.1 Å². The maximum absolute atomic E-state index is 12.3. The van der Waals surface area contributed by atoms with Crippen molar-refractivity contribution in [2.45, 2.75) is 33.2 Å². The third kappa shape index (κ3) is 6.84. The maximum atomic E-state index is 12.3. The van der Waals surface area contributed by atoms with Gasteiger partial charge in [0.25, 0.3) is 0 Å². The molecule has 1 aliphatic heterocycles. The van der Waals surface area contributed by atoms with Crippen molar-refractivity contribution < 1.29 is 14.3 Å². The van der Waals surface area contributed by atoms with E-state index in [2.05, 4.69) is 29.4 Å². The van der Waals surface area contributed by atoms with Crippen molar-refractivity contribution in [2.24, 2.45) is 5.92 Å². The number of carbonyl (C=O) groups is 2. The van der Waals surface area contributed by atoms with Crippen molar-refractivity contribution in [1.82, 2.24) is 10.2 Å². The van der Waals surface area contributed by atoms with Gasteiger partial charge in [-0.2, -0.15) is 0 Å². The number of carbonyl (C=O) groups excluding carboxylic acids is 2. The van der Waals surface area contributed by atoms with Crippen molar-refractivity contribution in [2.75, 3.05) is 50.1 Å². The van der Waals surface area contributed by atoms with E-state index in [0.717, 1.165) is 38.4 Å². The highest BCUT2D eigenvalue weighted by Crippen LogP contribution is 2.17. The molecule has 0 spiro atoms. The molecule has 1 aromatic carbocycles. The summed E-state index contributed by atoms with van der Waals surface area (Å²) in [5.41, 5.74) is 1.48. The quantitative estimate of drug-likeness (QED) is 0.767. The first kappa shape index (κ1) is 21.2. The lowest BCUT2D eigenvalue weighted by molar-refractivity contribution is -0.116. The molecule has 1 atom stereocenters. The Bertz CT molecular complexity index is 612. The molecule has 2 N–H and O–H groups in total. The highest BCUT2D eigenvalue weighted by atomic mass is 16.5. The number of morpholine rings is 1. The molecule has 0 aromatic heterocycles. The van der Waals surface area contributed by atoms with Gasteiger partial charge in [-0.25, -0.2) is 4.79 Å². The van der Waals surface area contributed by atoms with Crippen LogP contribution in [0.5, 0.6) is 0 Å². The van der Waals surface area contributed by atoms with Crippen molar-refractivity contribution in [3.63, 3.8) is 0 Å². The summed E-state index contributed by atoms with van der Waals surface area (Å²) in [6.07, 6.45) is 1.03. The lowest BCUT2D eigenvalue weighted by atomic mass is 10.0. The summed E-state index contributed by atoms with van der Waals surface area (Å²) in [5, 5.41) is 5.84. The average molecular weight is 377 g/mol. The number of anilines is 2. The molecule has 0 saturated carbocycles. The SMILES string of the molecule is CC(=O)N(C)c1ccc(NC(=O)NCC(CC(C)C)N2CCOCC2)cc1. The molecule has 1 aromatic rings. The Balaban J connectivity index is 1.86. The Hall–Kier alpha value is -2.12. The molecular formula is C20H32N4O3. The molecule has 150 valence electrons. The summed E-state index contributed by atoms with van der Waals surface area (Å²) >= 11 is 0. The van der Waals surface area contributed by atoms with Crippen LogP contribution in [-0.4, -0.2) is 62.8 Å². The van der Waals surface area contributed by atoms with Gasteiger partial charge in [0.1, 0.15) is 0 Å². The van der Waals surface area contributed by atoms with Crippen LogP contribution in [0.1, 0.15) is 27.2 Å². The molecule has 1 saturated heterocycles. The van der Waals surface area contributed by atoms with Gasteiger partial charge in [0.15, 0.2) is 0 Å². The summed E-state index contributed by atoms with van der Waals surface area (Å²) in [6.45, 7) is 9.85. The second kappa shape index (κ2) is 10.3. The van der Waals surface area contributed by atoms with Crippen molar-refractivity contribution in [1.29, 1.82) is 0 Å². The molecule has 0 radical (unpaired) electrons. The van der Waals surface area contributed by atoms with Gasteiger partial charge in [-0.1, -0.05) is 13.8 Å². The first-order valence-corrected chi connectivity index (χ1v) is 9.58. The molecule has 1 aliphatic rings. The monoisotopic (exact) mass is 376 g/mol. The van der Waals surface area contributed by atoms with Crippen LogP contribution in [0, 0.1) is 5.92 Å². The number of benzene rings is 1. The number of nitrogens with zero attached hydrogens (tertiary/aromatic N) is 2. The topological polar surface area (TPSA) is 73.9 Å². The third-order valence-electron chi connectivity index (χ3n) is 4.79. The van der Waals surface area contributed by atoms with E-state index in [1.165, 1.54) is 6.92 Å². The van der Waals surface area contributed by atoms with Crippen LogP contribution < -0.4 is 15.5 Å². The van der Waals surface area contributed by atoms with Gasteiger partial charge < -0.3 is 20.3 Å². The van der Waals surface area contributed by atoms with E-state index in [1.807, 2.05) is 12.1 Å². The number of ether oxygens (including phenoxy) is 1. The number of urea groups is 1. The highest BCUT2D eigenvalue weighted by Gasteiger charge is 2.22. The van der Waals surface area contributed by atoms with E-state index >= 15 is 0 Å². The van der Waals surface area contributed by atoms with Crippen LogP contribution in [0.25, 0.3) is 0 Å². The molecule has 7 nitrogen and oxygen atoms in total. The van der Waals surface area contributed by atoms with Gasteiger partial charge >= 0.3 is 6.03 Å². The van der Waals surface area contributed by atoms with E-state index in [4.69, 9.17) is 4.74 Å². The first-order valence-electron chi connectivity index (χ1n) is 9.58. The van der Waals surface area contributed by atoms with Gasteiger partial charge in [0.05, 0.1) is 13.2 Å². The number of hydrogen-bond donors (Lipinski definition) is 2. The summed E-state index contributed by atoms with van der Waals surface area (Å²) in [6, 6.07) is 7.30. The summed E-state index contributed by atoms with van der Waals surface area (Å²) in [7, 11) is 1.72. The highest BCUT2D eigenvalue weighted by molar-refractivity contribution is 5.92. The van der Waals surface area contributed by atoms with Crippen LogP contribution in [0.4, 0.5) is 16.2 Å². The predicted octanol–water partition coefficient (Wildman–Crippen LogP) is 2.54. The van der Waals surface area contributed by atoms with Crippen LogP contribution >= 0.6 is 0 Å². The first-order chi connectivity index (χ1) is 12.9. The van der Waals surface area contributed by atoms with E-state index in [9.17, 15) is 9.59 Å². The Morgan fingerprint density at radius 2 is 1.81 bits per heavy atom.